The second kappa shape index (κ2) is 8.84. The molecular weight excluding hydrogens is 398 g/mol. The second-order valence-corrected chi connectivity index (χ2v) is 7.72. The van der Waals surface area contributed by atoms with E-state index in [0.29, 0.717) is 11.3 Å². The zero-order valence-electron chi connectivity index (χ0n) is 15.7. The Hall–Kier alpha value is -3.24. The Morgan fingerprint density at radius 1 is 1.14 bits per heavy atom. The number of esters is 1. The number of aromatic nitrogens is 2. The maximum Gasteiger partial charge on any atom is 0.324 e. The number of ether oxygens (including phenoxy) is 2. The first-order chi connectivity index (χ1) is 13.9. The molecule has 0 amide bonds. The minimum Gasteiger partial charge on any atom is -0.497 e. The van der Waals surface area contributed by atoms with Crippen LogP contribution in [0.3, 0.4) is 0 Å². The molecule has 1 atom stereocenters. The molecule has 1 N–H and O–H groups in total. The molecule has 0 aliphatic rings. The van der Waals surface area contributed by atoms with Crippen LogP contribution in [-0.2, 0) is 26.2 Å². The lowest BCUT2D eigenvalue weighted by molar-refractivity contribution is -0.146. The molecule has 3 rings (SSSR count). The number of benzene rings is 2. The summed E-state index contributed by atoms with van der Waals surface area (Å²) in [5.41, 5.74) is 0.680. The highest BCUT2D eigenvalue weighted by Gasteiger charge is 2.23. The molecule has 0 bridgehead atoms. The highest BCUT2D eigenvalue weighted by atomic mass is 32.2. The number of hydrogen-bond donors (Lipinski definition) is 1. The van der Waals surface area contributed by atoms with Crippen LogP contribution < -0.4 is 9.46 Å². The largest absolute Gasteiger partial charge is 0.497 e. The summed E-state index contributed by atoms with van der Waals surface area (Å²) >= 11 is 0. The Labute approximate surface area is 167 Å². The number of rotatable bonds is 8. The van der Waals surface area contributed by atoms with Crippen LogP contribution >= 0.6 is 0 Å². The van der Waals surface area contributed by atoms with Gasteiger partial charge in [0.05, 0.1) is 12.0 Å². The van der Waals surface area contributed by atoms with Gasteiger partial charge < -0.3 is 14.0 Å². The molecule has 9 nitrogen and oxygen atoms in total. The van der Waals surface area contributed by atoms with Gasteiger partial charge in [-0.1, -0.05) is 23.4 Å². The minimum atomic E-state index is -3.84. The molecule has 0 radical (unpaired) electrons. The van der Waals surface area contributed by atoms with Crippen LogP contribution in [0.1, 0.15) is 12.7 Å². The van der Waals surface area contributed by atoms with E-state index in [1.54, 1.807) is 49.6 Å². The van der Waals surface area contributed by atoms with Gasteiger partial charge in [-0.15, -0.1) is 0 Å². The van der Waals surface area contributed by atoms with Crippen molar-refractivity contribution in [1.29, 1.82) is 0 Å². The number of sulfonamides is 1. The third-order valence-electron chi connectivity index (χ3n) is 3.89. The Morgan fingerprint density at radius 2 is 1.83 bits per heavy atom. The normalized spacial score (nSPS) is 12.3. The van der Waals surface area contributed by atoms with Gasteiger partial charge in [-0.25, -0.2) is 8.42 Å². The van der Waals surface area contributed by atoms with Gasteiger partial charge in [-0.05, 0) is 43.3 Å². The Balaban J connectivity index is 1.57. The van der Waals surface area contributed by atoms with Gasteiger partial charge in [0.2, 0.25) is 15.8 Å². The second-order valence-electron chi connectivity index (χ2n) is 6.01. The van der Waals surface area contributed by atoms with Crippen LogP contribution in [-0.4, -0.2) is 37.7 Å². The van der Waals surface area contributed by atoms with E-state index in [-0.39, 0.29) is 23.2 Å². The van der Waals surface area contributed by atoms with Crippen molar-refractivity contribution in [2.75, 3.05) is 7.11 Å². The fourth-order valence-electron chi connectivity index (χ4n) is 2.37. The molecule has 1 heterocycles. The van der Waals surface area contributed by atoms with E-state index in [1.165, 1.54) is 19.1 Å². The standard InChI is InChI=1S/C19H19N3O6S/c1-13(22-29(24,25)16-6-4-3-5-7-16)19(23)27-12-17-20-18(28-21-17)14-8-10-15(26-2)11-9-14/h3-11,13,22H,12H2,1-2H3/t13-/m0/s1. The maximum absolute atomic E-state index is 12.3. The van der Waals surface area contributed by atoms with Gasteiger partial charge in [0, 0.05) is 5.56 Å². The third-order valence-corrected chi connectivity index (χ3v) is 5.44. The summed E-state index contributed by atoms with van der Waals surface area (Å²) in [5, 5.41) is 3.76. The highest BCUT2D eigenvalue weighted by molar-refractivity contribution is 7.89. The predicted octanol–water partition coefficient (Wildman–Crippen LogP) is 2.16. The van der Waals surface area contributed by atoms with E-state index < -0.39 is 22.0 Å². The molecular formula is C19H19N3O6S. The quantitative estimate of drug-likeness (QED) is 0.554. The van der Waals surface area contributed by atoms with Gasteiger partial charge >= 0.3 is 5.97 Å². The first-order valence-electron chi connectivity index (χ1n) is 8.60. The van der Waals surface area contributed by atoms with E-state index in [0.717, 1.165) is 0 Å². The van der Waals surface area contributed by atoms with Crippen LogP contribution in [0, 0.1) is 0 Å². The van der Waals surface area contributed by atoms with Gasteiger partial charge in [0.25, 0.3) is 5.89 Å². The van der Waals surface area contributed by atoms with Crippen molar-refractivity contribution in [3.8, 4) is 17.2 Å². The molecule has 3 aromatic rings. The summed E-state index contributed by atoms with van der Waals surface area (Å²) in [6, 6.07) is 13.7. The van der Waals surface area contributed by atoms with E-state index in [9.17, 15) is 13.2 Å². The van der Waals surface area contributed by atoms with E-state index in [4.69, 9.17) is 14.0 Å². The number of methoxy groups -OCH3 is 1. The fraction of sp³-hybridized carbons (Fsp3) is 0.211. The van der Waals surface area contributed by atoms with Crippen LogP contribution in [0.5, 0.6) is 5.75 Å². The molecule has 29 heavy (non-hydrogen) atoms. The zero-order chi connectivity index (χ0) is 20.9. The van der Waals surface area contributed by atoms with Gasteiger partial charge in [-0.3, -0.25) is 4.79 Å². The van der Waals surface area contributed by atoms with Crippen LogP contribution in [0.2, 0.25) is 0 Å². The van der Waals surface area contributed by atoms with Crippen molar-refractivity contribution < 1.29 is 27.2 Å². The molecule has 152 valence electrons. The van der Waals surface area contributed by atoms with Crippen molar-refractivity contribution in [3.05, 3.63) is 60.4 Å². The molecule has 0 saturated carbocycles. The summed E-state index contributed by atoms with van der Waals surface area (Å²) < 4.78 is 42.1. The topological polar surface area (TPSA) is 121 Å². The molecule has 0 fully saturated rings. The van der Waals surface area contributed by atoms with Crippen molar-refractivity contribution in [1.82, 2.24) is 14.9 Å². The molecule has 1 aromatic heterocycles. The summed E-state index contributed by atoms with van der Waals surface area (Å²) in [4.78, 5) is 16.3. The number of carbonyl (C=O) groups is 1. The number of hydrogen-bond acceptors (Lipinski definition) is 8. The van der Waals surface area contributed by atoms with Gasteiger partial charge in [0.1, 0.15) is 11.8 Å². The smallest absolute Gasteiger partial charge is 0.324 e. The summed E-state index contributed by atoms with van der Waals surface area (Å²) in [7, 11) is -2.27. The van der Waals surface area contributed by atoms with Crippen molar-refractivity contribution in [2.24, 2.45) is 0 Å². The monoisotopic (exact) mass is 417 g/mol. The average molecular weight is 417 g/mol. The lowest BCUT2D eigenvalue weighted by atomic mass is 10.2. The summed E-state index contributed by atoms with van der Waals surface area (Å²) in [6.07, 6.45) is 0. The molecule has 0 saturated heterocycles. The molecule has 2 aromatic carbocycles. The molecule has 10 heteroatoms. The highest BCUT2D eigenvalue weighted by Crippen LogP contribution is 2.20. The molecule has 0 spiro atoms. The minimum absolute atomic E-state index is 0.0574. The van der Waals surface area contributed by atoms with Gasteiger partial charge in [0.15, 0.2) is 6.61 Å². The van der Waals surface area contributed by atoms with E-state index >= 15 is 0 Å². The zero-order valence-corrected chi connectivity index (χ0v) is 16.5. The van der Waals surface area contributed by atoms with E-state index in [2.05, 4.69) is 14.9 Å². The fourth-order valence-corrected chi connectivity index (χ4v) is 3.59. The van der Waals surface area contributed by atoms with Crippen molar-refractivity contribution in [2.45, 2.75) is 24.5 Å². The Morgan fingerprint density at radius 3 is 2.48 bits per heavy atom. The predicted molar refractivity (Wildman–Crippen MR) is 102 cm³/mol. The molecule has 0 unspecified atom stereocenters. The number of nitrogens with zero attached hydrogens (tertiary/aromatic N) is 2. The number of nitrogens with one attached hydrogen (secondary N) is 1. The SMILES string of the molecule is COc1ccc(-c2nc(COC(=O)[C@H](C)NS(=O)(=O)c3ccccc3)no2)cc1. The summed E-state index contributed by atoms with van der Waals surface area (Å²) in [6.45, 7) is 1.14. The van der Waals surface area contributed by atoms with Crippen LogP contribution in [0.25, 0.3) is 11.5 Å². The average Bonchev–Trinajstić information content (AvgIpc) is 3.21. The first-order valence-corrected chi connectivity index (χ1v) is 10.1. The summed E-state index contributed by atoms with van der Waals surface area (Å²) in [5.74, 6) is 0.341. The van der Waals surface area contributed by atoms with Gasteiger partial charge in [-0.2, -0.15) is 9.71 Å². The number of carbonyl (C=O) groups excluding carboxylic acids is 1. The lowest BCUT2D eigenvalue weighted by Crippen LogP contribution is -2.39. The molecule has 0 aliphatic heterocycles. The van der Waals surface area contributed by atoms with Crippen molar-refractivity contribution in [3.63, 3.8) is 0 Å². The van der Waals surface area contributed by atoms with Crippen LogP contribution in [0.15, 0.2) is 64.0 Å². The van der Waals surface area contributed by atoms with E-state index in [1.807, 2.05) is 0 Å². The van der Waals surface area contributed by atoms with Crippen molar-refractivity contribution >= 4 is 16.0 Å². The van der Waals surface area contributed by atoms with Crippen LogP contribution in [0.4, 0.5) is 0 Å². The molecule has 0 aliphatic carbocycles. The third kappa shape index (κ3) is 5.18. The Bertz CT molecular complexity index is 1060. The maximum atomic E-state index is 12.3. The lowest BCUT2D eigenvalue weighted by Gasteiger charge is -2.13. The Kier molecular flexibility index (Phi) is 6.25. The first kappa shape index (κ1) is 20.5.